The molecule has 0 spiro atoms. The SMILES string of the molecule is NOP(=O)([O-])[O-].NOP(=O)([O-])[O-].[Ti+4]. The van der Waals surface area contributed by atoms with E-state index in [1.54, 1.807) is 0 Å². The van der Waals surface area contributed by atoms with Crippen LogP contribution in [0.15, 0.2) is 0 Å². The molecule has 0 aliphatic heterocycles. The number of hydrogen-bond donors (Lipinski definition) is 2. The van der Waals surface area contributed by atoms with Gasteiger partial charge in [-0.3, -0.25) is 9.25 Å². The molecule has 0 rings (SSSR count). The quantitative estimate of drug-likeness (QED) is 0.279. The number of phosphoric acid groups is 2. The maximum absolute atomic E-state index is 9.12. The minimum absolute atomic E-state index is 0. The third-order valence-corrected chi connectivity index (χ3v) is 0.775. The normalized spacial score (nSPS) is 10.9. The van der Waals surface area contributed by atoms with Gasteiger partial charge >= 0.3 is 21.7 Å². The van der Waals surface area contributed by atoms with E-state index in [4.69, 9.17) is 28.7 Å². The Kier molecular flexibility index (Phi) is 12.2. The molecule has 0 amide bonds. The number of nitrogens with two attached hydrogens (primary N) is 2. The summed E-state index contributed by atoms with van der Waals surface area (Å²) < 4.78 is 24.0. The van der Waals surface area contributed by atoms with Crippen LogP contribution in [0.2, 0.25) is 0 Å². The van der Waals surface area contributed by atoms with E-state index in [1.165, 1.54) is 0 Å². The van der Waals surface area contributed by atoms with Gasteiger partial charge in [0, 0.05) is 0 Å². The Balaban J connectivity index is -0.000000143. The molecule has 0 saturated carbocycles. The first-order chi connectivity index (χ1) is 5.12. The molecule has 0 atom stereocenters. The zero-order valence-electron chi connectivity index (χ0n) is 5.82. The first-order valence-electron chi connectivity index (χ1n) is 1.93. The van der Waals surface area contributed by atoms with E-state index >= 15 is 0 Å². The molecule has 0 fully saturated rings. The maximum atomic E-state index is 9.12. The van der Waals surface area contributed by atoms with Gasteiger partial charge in [0.15, 0.2) is 0 Å². The molecule has 0 aromatic rings. The molecule has 13 heteroatoms. The van der Waals surface area contributed by atoms with Gasteiger partial charge < -0.3 is 28.7 Å². The Bertz CT molecular complexity index is 170. The van der Waals surface area contributed by atoms with Gasteiger partial charge in [0.25, 0.3) is 0 Å². The Morgan fingerprint density at radius 3 is 0.923 bits per heavy atom. The summed E-state index contributed by atoms with van der Waals surface area (Å²) >= 11 is 0. The molecule has 76 valence electrons. The average Bonchev–Trinajstić information content (AvgIpc) is 1.86. The third-order valence-electron chi connectivity index (χ3n) is 0.258. The topological polar surface area (TPSA) is 197 Å². The second-order valence-corrected chi connectivity index (χ2v) is 3.32. The van der Waals surface area contributed by atoms with E-state index in [1.807, 2.05) is 0 Å². The Morgan fingerprint density at radius 2 is 0.923 bits per heavy atom. The van der Waals surface area contributed by atoms with Crippen molar-refractivity contribution in [1.82, 2.24) is 0 Å². The van der Waals surface area contributed by atoms with Crippen LogP contribution in [0.25, 0.3) is 0 Å². The molecular formula is H4N2O8P2Ti. The van der Waals surface area contributed by atoms with Gasteiger partial charge in [-0.05, 0) is 0 Å². The standard InChI is InChI=1S/2H4NO4P.Ti/c2*1-5-6(2,3)4;/h2*1H2,(H2,2,3,4);/q;;+4/p-4. The van der Waals surface area contributed by atoms with Crippen LogP contribution < -0.4 is 31.4 Å². The van der Waals surface area contributed by atoms with Gasteiger partial charge in [0.2, 0.25) is 0 Å². The molecule has 0 aromatic carbocycles. The monoisotopic (exact) mass is 270 g/mol. The van der Waals surface area contributed by atoms with Crippen molar-refractivity contribution in [2.45, 2.75) is 0 Å². The molecule has 0 radical (unpaired) electrons. The van der Waals surface area contributed by atoms with Crippen molar-refractivity contribution in [3.8, 4) is 0 Å². The summed E-state index contributed by atoms with van der Waals surface area (Å²) in [6.07, 6.45) is 0. The molecule has 0 bridgehead atoms. The first-order valence-corrected chi connectivity index (χ1v) is 4.85. The molecule has 0 heterocycles. The Hall–Kier alpha value is 0.854. The summed E-state index contributed by atoms with van der Waals surface area (Å²) in [6, 6.07) is 0. The van der Waals surface area contributed by atoms with Gasteiger partial charge in [-0.25, -0.2) is 11.8 Å². The molecule has 13 heavy (non-hydrogen) atoms. The van der Waals surface area contributed by atoms with Gasteiger partial charge in [-0.2, -0.15) is 0 Å². The summed E-state index contributed by atoms with van der Waals surface area (Å²) in [5.41, 5.74) is 0. The first kappa shape index (κ1) is 19.4. The minimum atomic E-state index is -4.87. The van der Waals surface area contributed by atoms with Crippen LogP contribution in [0.3, 0.4) is 0 Å². The molecule has 0 aliphatic rings. The summed E-state index contributed by atoms with van der Waals surface area (Å²) in [4.78, 5) is 36.5. The van der Waals surface area contributed by atoms with E-state index in [-0.39, 0.29) is 21.7 Å². The smallest absolute Gasteiger partial charge is 0.788 e. The summed E-state index contributed by atoms with van der Waals surface area (Å²) in [6.45, 7) is 0. The Morgan fingerprint density at radius 1 is 0.846 bits per heavy atom. The number of rotatable bonds is 2. The van der Waals surface area contributed by atoms with Gasteiger partial charge in [-0.1, -0.05) is 0 Å². The molecule has 0 saturated heterocycles. The average molecular weight is 270 g/mol. The van der Waals surface area contributed by atoms with Crippen molar-refractivity contribution >= 4 is 15.6 Å². The van der Waals surface area contributed by atoms with Crippen LogP contribution in [0.4, 0.5) is 0 Å². The zero-order valence-corrected chi connectivity index (χ0v) is 9.17. The van der Waals surface area contributed by atoms with E-state index in [2.05, 4.69) is 21.0 Å². The van der Waals surface area contributed by atoms with Crippen LogP contribution >= 0.6 is 15.6 Å². The molecule has 0 aromatic heterocycles. The van der Waals surface area contributed by atoms with Crippen molar-refractivity contribution in [2.24, 2.45) is 11.8 Å². The zero-order chi connectivity index (χ0) is 10.4. The molecule has 4 N–H and O–H groups in total. The second-order valence-electron chi connectivity index (χ2n) is 1.11. The summed E-state index contributed by atoms with van der Waals surface area (Å²) in [5, 5.41) is 0. The Labute approximate surface area is 87.5 Å². The number of hydrogen-bond acceptors (Lipinski definition) is 10. The van der Waals surface area contributed by atoms with E-state index < -0.39 is 15.6 Å². The predicted molar refractivity (Wildman–Crippen MR) is 25.8 cm³/mol. The largest absolute Gasteiger partial charge is 4.00 e. The van der Waals surface area contributed by atoms with E-state index in [9.17, 15) is 0 Å². The molecule has 0 aliphatic carbocycles. The molecule has 10 nitrogen and oxygen atoms in total. The predicted octanol–water partition coefficient (Wildman–Crippen LogP) is -4.59. The van der Waals surface area contributed by atoms with Crippen molar-refractivity contribution in [1.29, 1.82) is 0 Å². The van der Waals surface area contributed by atoms with E-state index in [0.29, 0.717) is 0 Å². The van der Waals surface area contributed by atoms with Crippen LogP contribution in [-0.4, -0.2) is 0 Å². The maximum Gasteiger partial charge on any atom is 4.00 e. The van der Waals surface area contributed by atoms with E-state index in [0.717, 1.165) is 0 Å². The minimum Gasteiger partial charge on any atom is -0.788 e. The van der Waals surface area contributed by atoms with Crippen LogP contribution in [0.5, 0.6) is 0 Å². The van der Waals surface area contributed by atoms with Crippen LogP contribution in [0.1, 0.15) is 0 Å². The second kappa shape index (κ2) is 8.19. The van der Waals surface area contributed by atoms with Gasteiger partial charge in [0.05, 0.1) is 15.6 Å². The summed E-state index contributed by atoms with van der Waals surface area (Å²) in [7, 11) is -9.74. The third kappa shape index (κ3) is 32.2. The van der Waals surface area contributed by atoms with Crippen molar-refractivity contribution in [3.05, 3.63) is 0 Å². The fourth-order valence-electron chi connectivity index (χ4n) is 0. The van der Waals surface area contributed by atoms with Crippen molar-refractivity contribution in [3.63, 3.8) is 0 Å². The van der Waals surface area contributed by atoms with Gasteiger partial charge in [-0.15, -0.1) is 0 Å². The van der Waals surface area contributed by atoms with Crippen molar-refractivity contribution in [2.75, 3.05) is 0 Å². The van der Waals surface area contributed by atoms with Crippen LogP contribution in [0, 0.1) is 0 Å². The van der Waals surface area contributed by atoms with Gasteiger partial charge in [0.1, 0.15) is 0 Å². The fourth-order valence-corrected chi connectivity index (χ4v) is 0. The fraction of sp³-hybridized carbons (Fsp3) is 0. The van der Waals surface area contributed by atoms with Crippen molar-refractivity contribution < 1.29 is 59.7 Å². The van der Waals surface area contributed by atoms with Crippen LogP contribution in [-0.2, 0) is 40.1 Å². The molecule has 0 unspecified atom stereocenters. The molecular weight excluding hydrogens is 266 g/mol. The summed E-state index contributed by atoms with van der Waals surface area (Å²) in [5.74, 6) is 7.83.